The molecule has 1 saturated heterocycles. The Morgan fingerprint density at radius 3 is 2.95 bits per heavy atom. The number of benzene rings is 1. The summed E-state index contributed by atoms with van der Waals surface area (Å²) in [6.45, 7) is 1.60. The quantitative estimate of drug-likeness (QED) is 0.772. The minimum absolute atomic E-state index is 0.255. The Labute approximate surface area is 130 Å². The van der Waals surface area contributed by atoms with Gasteiger partial charge in [-0.25, -0.2) is 4.68 Å². The highest BCUT2D eigenvalue weighted by atomic mass is 79.9. The largest absolute Gasteiger partial charge is 0.376 e. The van der Waals surface area contributed by atoms with Crippen molar-refractivity contribution in [3.63, 3.8) is 0 Å². The van der Waals surface area contributed by atoms with E-state index in [4.69, 9.17) is 4.74 Å². The second kappa shape index (κ2) is 6.69. The van der Waals surface area contributed by atoms with Crippen LogP contribution in [0.4, 0.5) is 0 Å². The predicted molar refractivity (Wildman–Crippen MR) is 80.5 cm³/mol. The topological polar surface area (TPSA) is 52.8 Å². The molecule has 1 fully saturated rings. The lowest BCUT2D eigenvalue weighted by atomic mass is 10.2. The van der Waals surface area contributed by atoms with E-state index in [1.807, 2.05) is 16.8 Å². The van der Waals surface area contributed by atoms with E-state index in [9.17, 15) is 0 Å². The summed E-state index contributed by atoms with van der Waals surface area (Å²) in [7, 11) is 0. The van der Waals surface area contributed by atoms with Crippen LogP contribution in [-0.2, 0) is 17.0 Å². The first-order valence-electron chi connectivity index (χ1n) is 6.56. The van der Waals surface area contributed by atoms with Gasteiger partial charge in [0.05, 0.1) is 12.6 Å². The molecule has 0 radical (unpaired) electrons. The summed E-state index contributed by atoms with van der Waals surface area (Å²) in [6, 6.07) is 8.30. The molecule has 0 aliphatic carbocycles. The minimum atomic E-state index is 0.255. The molecule has 5 nitrogen and oxygen atoms in total. The van der Waals surface area contributed by atoms with Gasteiger partial charge in [-0.2, -0.15) is 0 Å². The van der Waals surface area contributed by atoms with Crippen molar-refractivity contribution >= 4 is 27.7 Å². The molecular formula is C13H15BrN4OS. The molecular weight excluding hydrogens is 340 g/mol. The zero-order chi connectivity index (χ0) is 13.8. The van der Waals surface area contributed by atoms with E-state index in [0.29, 0.717) is 0 Å². The van der Waals surface area contributed by atoms with Crippen molar-refractivity contribution in [1.82, 2.24) is 20.2 Å². The maximum Gasteiger partial charge on any atom is 0.209 e. The summed E-state index contributed by atoms with van der Waals surface area (Å²) in [6.07, 6.45) is 2.48. The van der Waals surface area contributed by atoms with Gasteiger partial charge in [0.25, 0.3) is 0 Å². The molecule has 2 aromatic rings. The fourth-order valence-electron chi connectivity index (χ4n) is 2.12. The molecule has 106 valence electrons. The molecule has 1 aliphatic rings. The lowest BCUT2D eigenvalue weighted by Gasteiger charge is -2.09. The van der Waals surface area contributed by atoms with Gasteiger partial charge in [-0.3, -0.25) is 0 Å². The van der Waals surface area contributed by atoms with Gasteiger partial charge in [-0.15, -0.1) is 5.10 Å². The van der Waals surface area contributed by atoms with Crippen LogP contribution in [0.1, 0.15) is 18.4 Å². The second-order valence-corrected chi connectivity index (χ2v) is 6.55. The standard InChI is InChI=1S/C13H15BrN4OS/c14-11-5-3-10(4-6-11)9-20-13-15-16-17-18(13)8-12-2-1-7-19-12/h3-6,12H,1-2,7-9H2. The third-order valence-electron chi connectivity index (χ3n) is 3.18. The van der Waals surface area contributed by atoms with Crippen molar-refractivity contribution in [3.05, 3.63) is 34.3 Å². The molecule has 1 unspecified atom stereocenters. The number of hydrogen-bond acceptors (Lipinski definition) is 5. The van der Waals surface area contributed by atoms with E-state index >= 15 is 0 Å². The number of hydrogen-bond donors (Lipinski definition) is 0. The van der Waals surface area contributed by atoms with Gasteiger partial charge in [-0.1, -0.05) is 39.8 Å². The molecule has 7 heteroatoms. The van der Waals surface area contributed by atoms with Crippen LogP contribution in [-0.4, -0.2) is 32.9 Å². The number of rotatable bonds is 5. The fraction of sp³-hybridized carbons (Fsp3) is 0.462. The Morgan fingerprint density at radius 2 is 2.20 bits per heavy atom. The van der Waals surface area contributed by atoms with Crippen molar-refractivity contribution in [1.29, 1.82) is 0 Å². The fourth-order valence-corrected chi connectivity index (χ4v) is 3.23. The lowest BCUT2D eigenvalue weighted by Crippen LogP contribution is -2.16. The number of tetrazole rings is 1. The highest BCUT2D eigenvalue weighted by molar-refractivity contribution is 9.10. The van der Waals surface area contributed by atoms with Crippen molar-refractivity contribution in [3.8, 4) is 0 Å². The highest BCUT2D eigenvalue weighted by Gasteiger charge is 2.18. The van der Waals surface area contributed by atoms with Crippen molar-refractivity contribution < 1.29 is 4.74 Å². The maximum atomic E-state index is 5.63. The molecule has 0 saturated carbocycles. The van der Waals surface area contributed by atoms with E-state index in [1.165, 1.54) is 5.56 Å². The molecule has 0 N–H and O–H groups in total. The maximum absolute atomic E-state index is 5.63. The Morgan fingerprint density at radius 1 is 1.35 bits per heavy atom. The molecule has 1 atom stereocenters. The van der Waals surface area contributed by atoms with Gasteiger partial charge in [0.2, 0.25) is 5.16 Å². The summed E-state index contributed by atoms with van der Waals surface area (Å²) in [5.74, 6) is 0.860. The normalized spacial score (nSPS) is 18.6. The average Bonchev–Trinajstić information content (AvgIpc) is 3.11. The van der Waals surface area contributed by atoms with Gasteiger partial charge < -0.3 is 4.74 Å². The van der Waals surface area contributed by atoms with Crippen LogP contribution >= 0.6 is 27.7 Å². The van der Waals surface area contributed by atoms with Crippen molar-refractivity contribution in [2.75, 3.05) is 6.61 Å². The average molecular weight is 355 g/mol. The molecule has 0 amide bonds. The van der Waals surface area contributed by atoms with E-state index in [-0.39, 0.29) is 6.10 Å². The Balaban J connectivity index is 1.59. The predicted octanol–water partition coefficient (Wildman–Crippen LogP) is 2.91. The highest BCUT2D eigenvalue weighted by Crippen LogP contribution is 2.22. The molecule has 3 rings (SSSR count). The Bertz CT molecular complexity index is 554. The lowest BCUT2D eigenvalue weighted by molar-refractivity contribution is 0.0912. The summed E-state index contributed by atoms with van der Waals surface area (Å²) in [4.78, 5) is 0. The third kappa shape index (κ3) is 3.59. The number of nitrogens with zero attached hydrogens (tertiary/aromatic N) is 4. The van der Waals surface area contributed by atoms with E-state index < -0.39 is 0 Å². The van der Waals surface area contributed by atoms with Crippen LogP contribution in [0.25, 0.3) is 0 Å². The number of aromatic nitrogens is 4. The van der Waals surface area contributed by atoms with E-state index in [0.717, 1.165) is 41.4 Å². The molecule has 0 spiro atoms. The third-order valence-corrected chi connectivity index (χ3v) is 4.74. The number of thioether (sulfide) groups is 1. The van der Waals surface area contributed by atoms with E-state index in [1.54, 1.807) is 11.8 Å². The van der Waals surface area contributed by atoms with Gasteiger partial charge in [-0.05, 0) is 41.0 Å². The Kier molecular flexibility index (Phi) is 4.69. The van der Waals surface area contributed by atoms with E-state index in [2.05, 4.69) is 43.6 Å². The van der Waals surface area contributed by atoms with Crippen molar-refractivity contribution in [2.45, 2.75) is 36.4 Å². The first kappa shape index (κ1) is 14.0. The molecule has 1 aromatic carbocycles. The van der Waals surface area contributed by atoms with Crippen LogP contribution in [0.3, 0.4) is 0 Å². The Hall–Kier alpha value is -0.920. The minimum Gasteiger partial charge on any atom is -0.376 e. The second-order valence-electron chi connectivity index (χ2n) is 4.69. The number of halogens is 1. The zero-order valence-corrected chi connectivity index (χ0v) is 13.3. The molecule has 20 heavy (non-hydrogen) atoms. The van der Waals surface area contributed by atoms with Gasteiger partial charge in [0.15, 0.2) is 0 Å². The molecule has 2 heterocycles. The SMILES string of the molecule is Brc1ccc(CSc2nnnn2CC2CCCO2)cc1. The van der Waals surface area contributed by atoms with Crippen molar-refractivity contribution in [2.24, 2.45) is 0 Å². The van der Waals surface area contributed by atoms with Crippen LogP contribution < -0.4 is 0 Å². The summed E-state index contributed by atoms with van der Waals surface area (Å²) in [5.41, 5.74) is 1.25. The zero-order valence-electron chi connectivity index (χ0n) is 10.9. The monoisotopic (exact) mass is 354 g/mol. The first-order chi connectivity index (χ1) is 9.81. The molecule has 0 bridgehead atoms. The number of ether oxygens (including phenoxy) is 1. The summed E-state index contributed by atoms with van der Waals surface area (Å²) in [5, 5.41) is 12.8. The first-order valence-corrected chi connectivity index (χ1v) is 8.34. The molecule has 1 aliphatic heterocycles. The summed E-state index contributed by atoms with van der Waals surface area (Å²) < 4.78 is 8.57. The summed E-state index contributed by atoms with van der Waals surface area (Å²) >= 11 is 5.09. The van der Waals surface area contributed by atoms with Crippen LogP contribution in [0.5, 0.6) is 0 Å². The van der Waals surface area contributed by atoms with Gasteiger partial charge >= 0.3 is 0 Å². The van der Waals surface area contributed by atoms with Gasteiger partial charge in [0, 0.05) is 16.8 Å². The van der Waals surface area contributed by atoms with Crippen LogP contribution in [0.15, 0.2) is 33.9 Å². The molecule has 1 aromatic heterocycles. The van der Waals surface area contributed by atoms with Gasteiger partial charge in [0.1, 0.15) is 0 Å². The van der Waals surface area contributed by atoms with Crippen LogP contribution in [0.2, 0.25) is 0 Å². The van der Waals surface area contributed by atoms with Crippen LogP contribution in [0, 0.1) is 0 Å². The smallest absolute Gasteiger partial charge is 0.209 e.